The van der Waals surface area contributed by atoms with Crippen LogP contribution in [0.5, 0.6) is 0 Å². The Balaban J connectivity index is 2.09. The molecule has 0 aliphatic carbocycles. The first kappa shape index (κ1) is 13.7. The Morgan fingerprint density at radius 2 is 2.00 bits per heavy atom. The van der Waals surface area contributed by atoms with E-state index in [2.05, 4.69) is 15.9 Å². The fraction of sp³-hybridized carbons (Fsp3) is 0.0625. The van der Waals surface area contributed by atoms with Gasteiger partial charge in [-0.1, -0.05) is 28.1 Å². The topological polar surface area (TPSA) is 7.94 Å². The van der Waals surface area contributed by atoms with Gasteiger partial charge in [0.1, 0.15) is 6.21 Å². The van der Waals surface area contributed by atoms with Gasteiger partial charge < -0.3 is 17.6 Å². The molecule has 0 saturated heterocycles. The standard InChI is InChI=1S/C16H12BBrF2N2/c1-11-12(5-2-6-13(11)18)16-14-7-3-9-21(14)17(19,20)22-10-4-8-15(16)22/h2-10H,1H3. The molecule has 0 atom stereocenters. The first-order valence-electron chi connectivity index (χ1n) is 7.01. The van der Waals surface area contributed by atoms with E-state index in [-0.39, 0.29) is 0 Å². The lowest BCUT2D eigenvalue weighted by atomic mass is 9.85. The van der Waals surface area contributed by atoms with Crippen molar-refractivity contribution in [3.8, 4) is 0 Å². The number of rotatable bonds is 1. The number of benzene rings is 1. The van der Waals surface area contributed by atoms with Crippen LogP contribution in [0.4, 0.5) is 8.63 Å². The van der Waals surface area contributed by atoms with Crippen LogP contribution in [-0.2, 0) is 0 Å². The zero-order valence-corrected chi connectivity index (χ0v) is 13.4. The molecule has 0 saturated carbocycles. The van der Waals surface area contributed by atoms with E-state index >= 15 is 0 Å². The van der Waals surface area contributed by atoms with Crippen LogP contribution < -0.4 is 0 Å². The summed E-state index contributed by atoms with van der Waals surface area (Å²) in [5, 5.41) is 0. The smallest absolute Gasteiger partial charge is 0.396 e. The van der Waals surface area contributed by atoms with Crippen LogP contribution in [-0.4, -0.2) is 22.1 Å². The van der Waals surface area contributed by atoms with Crippen LogP contribution in [0.1, 0.15) is 16.8 Å². The van der Waals surface area contributed by atoms with Crippen LogP contribution >= 0.6 is 15.9 Å². The maximum absolute atomic E-state index is 14.7. The van der Waals surface area contributed by atoms with E-state index in [0.717, 1.165) is 30.1 Å². The van der Waals surface area contributed by atoms with Gasteiger partial charge in [-0.15, -0.1) is 0 Å². The van der Waals surface area contributed by atoms with Gasteiger partial charge in [0.2, 0.25) is 0 Å². The van der Waals surface area contributed by atoms with E-state index in [9.17, 15) is 8.63 Å². The lowest BCUT2D eigenvalue weighted by Gasteiger charge is -2.31. The zero-order chi connectivity index (χ0) is 15.5. The van der Waals surface area contributed by atoms with Crippen molar-refractivity contribution in [1.82, 2.24) is 4.48 Å². The van der Waals surface area contributed by atoms with E-state index in [1.807, 2.05) is 25.1 Å². The number of fused-ring (bicyclic) bond motifs is 2. The molecular weight excluding hydrogens is 349 g/mol. The molecule has 1 aromatic heterocycles. The second kappa shape index (κ2) is 4.52. The third-order valence-electron chi connectivity index (χ3n) is 4.28. The van der Waals surface area contributed by atoms with Gasteiger partial charge in [0.25, 0.3) is 0 Å². The van der Waals surface area contributed by atoms with Crippen molar-refractivity contribution in [2.45, 2.75) is 6.92 Å². The molecule has 0 N–H and O–H groups in total. The predicted octanol–water partition coefficient (Wildman–Crippen LogP) is 4.21. The maximum Gasteiger partial charge on any atom is 0.737 e. The minimum absolute atomic E-state index is 0.553. The van der Waals surface area contributed by atoms with Crippen molar-refractivity contribution in [1.29, 1.82) is 0 Å². The minimum Gasteiger partial charge on any atom is -0.396 e. The maximum atomic E-state index is 14.7. The summed E-state index contributed by atoms with van der Waals surface area (Å²) in [6.45, 7) is -1.84. The second-order valence-corrected chi connectivity index (χ2v) is 6.33. The average Bonchev–Trinajstić information content (AvgIpc) is 3.13. The average molecular weight is 361 g/mol. The van der Waals surface area contributed by atoms with Gasteiger partial charge in [-0.05, 0) is 42.4 Å². The molecule has 6 heteroatoms. The van der Waals surface area contributed by atoms with Gasteiger partial charge in [-0.3, -0.25) is 0 Å². The van der Waals surface area contributed by atoms with Gasteiger partial charge >= 0.3 is 6.97 Å². The predicted molar refractivity (Wildman–Crippen MR) is 88.2 cm³/mol. The molecule has 0 amide bonds. The number of halogens is 3. The Hall–Kier alpha value is -1.95. The molecule has 2 nitrogen and oxygen atoms in total. The monoisotopic (exact) mass is 360 g/mol. The highest BCUT2D eigenvalue weighted by Crippen LogP contribution is 2.40. The molecule has 2 aliphatic rings. The van der Waals surface area contributed by atoms with Crippen molar-refractivity contribution < 1.29 is 13.1 Å². The van der Waals surface area contributed by atoms with Gasteiger partial charge in [0.15, 0.2) is 5.70 Å². The third kappa shape index (κ3) is 1.67. The Bertz CT molecular complexity index is 893. The fourth-order valence-corrected chi connectivity index (χ4v) is 3.54. The van der Waals surface area contributed by atoms with Gasteiger partial charge in [-0.25, -0.2) is 0 Å². The minimum atomic E-state index is -3.83. The molecule has 22 heavy (non-hydrogen) atoms. The van der Waals surface area contributed by atoms with Crippen molar-refractivity contribution >= 4 is 34.7 Å². The van der Waals surface area contributed by atoms with Gasteiger partial charge in [-0.2, -0.15) is 0 Å². The van der Waals surface area contributed by atoms with E-state index in [0.29, 0.717) is 11.4 Å². The second-order valence-electron chi connectivity index (χ2n) is 5.48. The lowest BCUT2D eigenvalue weighted by Crippen LogP contribution is -2.49. The van der Waals surface area contributed by atoms with Crippen molar-refractivity contribution in [2.75, 3.05) is 0 Å². The summed E-state index contributed by atoms with van der Waals surface area (Å²) < 4.78 is 32.5. The summed E-state index contributed by atoms with van der Waals surface area (Å²) in [5.41, 5.74) is 3.94. The number of hydrogen-bond donors (Lipinski definition) is 0. The molecule has 0 bridgehead atoms. The van der Waals surface area contributed by atoms with Crippen molar-refractivity contribution in [2.24, 2.45) is 0 Å². The third-order valence-corrected chi connectivity index (χ3v) is 5.14. The Kier molecular flexibility index (Phi) is 2.82. The summed E-state index contributed by atoms with van der Waals surface area (Å²) in [7, 11) is 0. The highest BCUT2D eigenvalue weighted by Gasteiger charge is 2.51. The zero-order valence-electron chi connectivity index (χ0n) is 11.8. The summed E-state index contributed by atoms with van der Waals surface area (Å²) in [6, 6.07) is 9.28. The summed E-state index contributed by atoms with van der Waals surface area (Å²) in [5.74, 6) is 0. The molecule has 110 valence electrons. The van der Waals surface area contributed by atoms with Crippen molar-refractivity contribution in [3.05, 3.63) is 75.7 Å². The molecule has 0 unspecified atom stereocenters. The first-order valence-corrected chi connectivity index (χ1v) is 7.80. The quantitative estimate of drug-likeness (QED) is 0.673. The van der Waals surface area contributed by atoms with E-state index in [1.54, 1.807) is 24.3 Å². The summed E-state index contributed by atoms with van der Waals surface area (Å²) in [6.07, 6.45) is 6.32. The summed E-state index contributed by atoms with van der Waals surface area (Å²) in [4.78, 5) is 0. The Morgan fingerprint density at radius 1 is 1.18 bits per heavy atom. The first-order chi connectivity index (χ1) is 10.5. The normalized spacial score (nSPS) is 18.3. The van der Waals surface area contributed by atoms with E-state index in [4.69, 9.17) is 0 Å². The van der Waals surface area contributed by atoms with Crippen LogP contribution in [0.2, 0.25) is 0 Å². The Morgan fingerprint density at radius 3 is 2.82 bits per heavy atom. The lowest BCUT2D eigenvalue weighted by molar-refractivity contribution is -0.356. The molecule has 3 heterocycles. The van der Waals surface area contributed by atoms with Gasteiger partial charge in [0.05, 0.1) is 5.57 Å². The molecule has 0 radical (unpaired) electrons. The highest BCUT2D eigenvalue weighted by atomic mass is 79.9. The number of hydrogen-bond acceptors (Lipinski definition) is 0. The fourth-order valence-electron chi connectivity index (χ4n) is 3.17. The SMILES string of the molecule is Cc1c(Br)cccc1C1=C2C=CC=[N+]2[B-](F)(F)n2cccc21. The molecule has 4 rings (SSSR count). The molecule has 2 aliphatic heterocycles. The van der Waals surface area contributed by atoms with Crippen LogP contribution in [0.25, 0.3) is 5.57 Å². The largest absolute Gasteiger partial charge is 0.737 e. The highest BCUT2D eigenvalue weighted by molar-refractivity contribution is 9.10. The molecule has 0 spiro atoms. The Labute approximate surface area is 135 Å². The van der Waals surface area contributed by atoms with Crippen LogP contribution in [0, 0.1) is 6.92 Å². The molecule has 0 fully saturated rings. The number of nitrogens with zero attached hydrogens (tertiary/aromatic N) is 2. The molecule has 1 aromatic carbocycles. The number of allylic oxidation sites excluding steroid dienone is 2. The molecule has 2 aromatic rings. The summed E-state index contributed by atoms with van der Waals surface area (Å²) >= 11 is 3.53. The van der Waals surface area contributed by atoms with E-state index in [1.165, 1.54) is 12.4 Å². The van der Waals surface area contributed by atoms with Crippen LogP contribution in [0.3, 0.4) is 0 Å². The van der Waals surface area contributed by atoms with Crippen LogP contribution in [0.15, 0.2) is 58.9 Å². The van der Waals surface area contributed by atoms with E-state index < -0.39 is 6.97 Å². The molecular formula is C16H12BBrF2N2. The number of aromatic nitrogens is 1. The van der Waals surface area contributed by atoms with Crippen molar-refractivity contribution in [3.63, 3.8) is 0 Å². The van der Waals surface area contributed by atoms with Gasteiger partial charge in [0, 0.05) is 22.3 Å².